The highest BCUT2D eigenvalue weighted by atomic mass is 15.1. The maximum atomic E-state index is 4.63. The molecule has 0 unspecified atom stereocenters. The third kappa shape index (κ3) is 4.89. The van der Waals surface area contributed by atoms with E-state index in [0.29, 0.717) is 0 Å². The predicted octanol–water partition coefficient (Wildman–Crippen LogP) is 13.6. The van der Waals surface area contributed by atoms with Gasteiger partial charge in [0, 0.05) is 68.0 Å². The summed E-state index contributed by atoms with van der Waals surface area (Å²) in [6.45, 7) is 4.70. The van der Waals surface area contributed by atoms with Crippen LogP contribution in [0.1, 0.15) is 25.0 Å². The van der Waals surface area contributed by atoms with Crippen molar-refractivity contribution in [3.05, 3.63) is 206 Å². The van der Waals surface area contributed by atoms with E-state index >= 15 is 0 Å². The number of anilines is 3. The highest BCUT2D eigenvalue weighted by Crippen LogP contribution is 2.51. The van der Waals surface area contributed by atoms with Crippen LogP contribution in [0.4, 0.5) is 17.1 Å². The first-order valence-electron chi connectivity index (χ1n) is 19.3. The quantitative estimate of drug-likeness (QED) is 0.171. The Morgan fingerprint density at radius 3 is 1.91 bits per heavy atom. The van der Waals surface area contributed by atoms with Crippen LogP contribution >= 0.6 is 0 Å². The molecular weight excluding hydrogens is 681 g/mol. The van der Waals surface area contributed by atoms with Gasteiger partial charge < -0.3 is 14.0 Å². The summed E-state index contributed by atoms with van der Waals surface area (Å²) in [6, 6.07) is 65.9. The van der Waals surface area contributed by atoms with Crippen molar-refractivity contribution in [2.45, 2.75) is 19.3 Å². The van der Waals surface area contributed by atoms with Gasteiger partial charge in [0.05, 0.1) is 22.2 Å². The van der Waals surface area contributed by atoms with Crippen molar-refractivity contribution in [3.63, 3.8) is 0 Å². The van der Waals surface area contributed by atoms with Crippen molar-refractivity contribution >= 4 is 49.8 Å². The molecule has 1 aliphatic rings. The number of fused-ring (bicyclic) bond motifs is 8. The van der Waals surface area contributed by atoms with Crippen molar-refractivity contribution in [2.24, 2.45) is 0 Å². The second-order valence-corrected chi connectivity index (χ2v) is 15.3. The Labute approximate surface area is 326 Å². The molecule has 11 rings (SSSR count). The molecule has 4 heteroatoms. The van der Waals surface area contributed by atoms with Gasteiger partial charge in [0.1, 0.15) is 0 Å². The van der Waals surface area contributed by atoms with Crippen LogP contribution in [0, 0.1) is 0 Å². The lowest BCUT2D eigenvalue weighted by molar-refractivity contribution is 0.660. The fraction of sp³-hybridized carbons (Fsp3) is 0.0577. The first kappa shape index (κ1) is 32.3. The van der Waals surface area contributed by atoms with Crippen LogP contribution < -0.4 is 4.90 Å². The van der Waals surface area contributed by atoms with Gasteiger partial charge in [-0.15, -0.1) is 0 Å². The SMILES string of the molecule is CC1(C)c2ccccc2-c2ccc(N(c3ccc(-c4ccccn4)cc3)c3ccc4c(c3)c3c5ccn(-c6ccccc6)c5ccc3n4-c3ccccc3)cc21. The molecule has 10 aromatic rings. The van der Waals surface area contributed by atoms with Gasteiger partial charge in [-0.2, -0.15) is 0 Å². The van der Waals surface area contributed by atoms with Crippen LogP contribution in [0.25, 0.3) is 66.5 Å². The number of pyridine rings is 1. The van der Waals surface area contributed by atoms with Crippen LogP contribution in [0.2, 0.25) is 0 Å². The summed E-state index contributed by atoms with van der Waals surface area (Å²) in [5.74, 6) is 0. The molecule has 4 nitrogen and oxygen atoms in total. The summed E-state index contributed by atoms with van der Waals surface area (Å²) >= 11 is 0. The van der Waals surface area contributed by atoms with Gasteiger partial charge in [-0.3, -0.25) is 4.98 Å². The lowest BCUT2D eigenvalue weighted by atomic mass is 9.82. The Morgan fingerprint density at radius 2 is 1.12 bits per heavy atom. The van der Waals surface area contributed by atoms with Crippen molar-refractivity contribution in [2.75, 3.05) is 4.90 Å². The fourth-order valence-corrected chi connectivity index (χ4v) is 9.13. The zero-order valence-electron chi connectivity index (χ0n) is 31.3. The molecule has 0 fully saturated rings. The van der Waals surface area contributed by atoms with E-state index in [1.165, 1.54) is 55.0 Å². The van der Waals surface area contributed by atoms with Gasteiger partial charge >= 0.3 is 0 Å². The average Bonchev–Trinajstić information content (AvgIpc) is 3.90. The van der Waals surface area contributed by atoms with E-state index in [2.05, 4.69) is 209 Å². The molecule has 0 N–H and O–H groups in total. The molecule has 0 amide bonds. The third-order valence-corrected chi connectivity index (χ3v) is 11.8. The van der Waals surface area contributed by atoms with E-state index in [1.54, 1.807) is 0 Å². The van der Waals surface area contributed by atoms with Crippen LogP contribution in [-0.2, 0) is 5.41 Å². The van der Waals surface area contributed by atoms with Gasteiger partial charge in [0.15, 0.2) is 0 Å². The lowest BCUT2D eigenvalue weighted by Crippen LogP contribution is -2.16. The van der Waals surface area contributed by atoms with E-state index < -0.39 is 0 Å². The molecule has 3 heterocycles. The monoisotopic (exact) mass is 718 g/mol. The summed E-state index contributed by atoms with van der Waals surface area (Å²) in [5, 5.41) is 3.68. The summed E-state index contributed by atoms with van der Waals surface area (Å²) in [5.41, 5.74) is 16.4. The van der Waals surface area contributed by atoms with Crippen LogP contribution in [-0.4, -0.2) is 14.1 Å². The fourth-order valence-electron chi connectivity index (χ4n) is 9.13. The maximum Gasteiger partial charge on any atom is 0.0701 e. The number of hydrogen-bond acceptors (Lipinski definition) is 2. The lowest BCUT2D eigenvalue weighted by Gasteiger charge is -2.28. The Balaban J connectivity index is 1.16. The number of rotatable bonds is 6. The third-order valence-electron chi connectivity index (χ3n) is 11.8. The first-order chi connectivity index (χ1) is 27.5. The highest BCUT2D eigenvalue weighted by Gasteiger charge is 2.35. The molecule has 0 bridgehead atoms. The maximum absolute atomic E-state index is 4.63. The number of aromatic nitrogens is 3. The average molecular weight is 719 g/mol. The normalized spacial score (nSPS) is 13.0. The topological polar surface area (TPSA) is 26.0 Å². The molecule has 0 spiro atoms. The Morgan fingerprint density at radius 1 is 0.482 bits per heavy atom. The Kier molecular flexibility index (Phi) is 7.17. The zero-order chi connectivity index (χ0) is 37.4. The molecule has 0 atom stereocenters. The van der Waals surface area contributed by atoms with Gasteiger partial charge in [-0.05, 0) is 119 Å². The summed E-state index contributed by atoms with van der Waals surface area (Å²) in [7, 11) is 0. The van der Waals surface area contributed by atoms with Gasteiger partial charge in [0.25, 0.3) is 0 Å². The Bertz CT molecular complexity index is 3080. The van der Waals surface area contributed by atoms with Crippen molar-refractivity contribution in [1.82, 2.24) is 14.1 Å². The van der Waals surface area contributed by atoms with Crippen molar-refractivity contribution in [3.8, 4) is 33.8 Å². The van der Waals surface area contributed by atoms with Gasteiger partial charge in [-0.25, -0.2) is 0 Å². The molecule has 0 saturated heterocycles. The zero-order valence-corrected chi connectivity index (χ0v) is 31.3. The standard InChI is InChI=1S/C52H38N4/c1-52(2)45-18-10-9-17-41(45)42-26-24-40(34-46(42)52)55(38-22-20-35(21-23-38)47-19-11-12-31-53-47)39-25-27-49-44(33-39)51-43-30-32-54(36-13-5-3-6-14-36)48(43)28-29-50(51)56(49)37-15-7-4-8-16-37/h3-34H,1-2H3. The molecule has 266 valence electrons. The van der Waals surface area contributed by atoms with Crippen LogP contribution in [0.5, 0.6) is 0 Å². The Hall–Kier alpha value is -7.17. The summed E-state index contributed by atoms with van der Waals surface area (Å²) in [6.07, 6.45) is 4.06. The van der Waals surface area contributed by atoms with Crippen LogP contribution in [0.3, 0.4) is 0 Å². The van der Waals surface area contributed by atoms with Crippen LogP contribution in [0.15, 0.2) is 194 Å². The minimum Gasteiger partial charge on any atom is -0.317 e. The number of hydrogen-bond donors (Lipinski definition) is 0. The summed E-state index contributed by atoms with van der Waals surface area (Å²) < 4.78 is 4.71. The number of para-hydroxylation sites is 2. The number of benzene rings is 7. The second kappa shape index (κ2) is 12.4. The molecule has 0 saturated carbocycles. The minimum atomic E-state index is -0.124. The molecule has 0 radical (unpaired) electrons. The molecule has 7 aromatic carbocycles. The molecule has 1 aliphatic carbocycles. The number of nitrogens with zero attached hydrogens (tertiary/aromatic N) is 4. The van der Waals surface area contributed by atoms with E-state index in [4.69, 9.17) is 0 Å². The van der Waals surface area contributed by atoms with Crippen molar-refractivity contribution < 1.29 is 0 Å². The van der Waals surface area contributed by atoms with E-state index in [-0.39, 0.29) is 5.41 Å². The van der Waals surface area contributed by atoms with E-state index in [1.807, 2.05) is 18.3 Å². The highest BCUT2D eigenvalue weighted by molar-refractivity contribution is 6.22. The minimum absolute atomic E-state index is 0.124. The van der Waals surface area contributed by atoms with E-state index in [0.717, 1.165) is 39.7 Å². The smallest absolute Gasteiger partial charge is 0.0701 e. The molecule has 3 aromatic heterocycles. The molecule has 0 aliphatic heterocycles. The molecule has 56 heavy (non-hydrogen) atoms. The van der Waals surface area contributed by atoms with Gasteiger partial charge in [-0.1, -0.05) is 98.8 Å². The first-order valence-corrected chi connectivity index (χ1v) is 19.3. The second-order valence-electron chi connectivity index (χ2n) is 15.3. The van der Waals surface area contributed by atoms with Crippen molar-refractivity contribution in [1.29, 1.82) is 0 Å². The van der Waals surface area contributed by atoms with E-state index in [9.17, 15) is 0 Å². The summed E-state index contributed by atoms with van der Waals surface area (Å²) in [4.78, 5) is 7.05. The van der Waals surface area contributed by atoms with Gasteiger partial charge in [0.2, 0.25) is 0 Å². The largest absolute Gasteiger partial charge is 0.317 e. The molecular formula is C52H38N4. The predicted molar refractivity (Wildman–Crippen MR) is 233 cm³/mol.